The van der Waals surface area contributed by atoms with Gasteiger partial charge in [0.2, 0.25) is 0 Å². The average molecular weight is 465 g/mol. The van der Waals surface area contributed by atoms with Crippen LogP contribution in [-0.2, 0) is 4.74 Å². The van der Waals surface area contributed by atoms with E-state index in [4.69, 9.17) is 9.26 Å². The molecular weight excluding hydrogens is 432 g/mol. The van der Waals surface area contributed by atoms with Crippen LogP contribution >= 0.6 is 0 Å². The van der Waals surface area contributed by atoms with Crippen LogP contribution < -0.4 is 5.43 Å². The van der Waals surface area contributed by atoms with Crippen molar-refractivity contribution in [1.82, 2.24) is 15.5 Å². The second kappa shape index (κ2) is 11.2. The van der Waals surface area contributed by atoms with Gasteiger partial charge in [-0.05, 0) is 69.4 Å². The molecule has 1 aromatic heterocycles. The van der Waals surface area contributed by atoms with Gasteiger partial charge in [-0.2, -0.15) is 0 Å². The van der Waals surface area contributed by atoms with E-state index in [9.17, 15) is 10.1 Å². The van der Waals surface area contributed by atoms with Crippen LogP contribution in [0.2, 0.25) is 0 Å². The number of nitro groups is 1. The van der Waals surface area contributed by atoms with E-state index in [1.165, 1.54) is 5.56 Å². The molecular formula is C26H32N4O4. The molecule has 34 heavy (non-hydrogen) atoms. The van der Waals surface area contributed by atoms with E-state index in [2.05, 4.69) is 57.7 Å². The first-order chi connectivity index (χ1) is 16.5. The van der Waals surface area contributed by atoms with Crippen LogP contribution in [0.25, 0.3) is 6.08 Å². The molecule has 2 unspecified atom stereocenters. The molecule has 1 aromatic carbocycles. The molecule has 8 nitrogen and oxygen atoms in total. The molecule has 0 bridgehead atoms. The van der Waals surface area contributed by atoms with Crippen LogP contribution in [0, 0.1) is 28.9 Å². The van der Waals surface area contributed by atoms with E-state index >= 15 is 0 Å². The first-order valence-corrected chi connectivity index (χ1v) is 11.9. The van der Waals surface area contributed by atoms with Gasteiger partial charge in [-0.1, -0.05) is 41.4 Å². The van der Waals surface area contributed by atoms with Gasteiger partial charge in [-0.25, -0.2) is 10.1 Å². The summed E-state index contributed by atoms with van der Waals surface area (Å²) in [5.41, 5.74) is 5.54. The molecule has 180 valence electrons. The molecule has 1 aliphatic carbocycles. The number of aryl methyl sites for hydroxylation is 1. The highest BCUT2D eigenvalue weighted by Gasteiger charge is 2.39. The van der Waals surface area contributed by atoms with E-state index in [1.54, 1.807) is 13.1 Å². The van der Waals surface area contributed by atoms with E-state index in [1.807, 2.05) is 13.0 Å². The van der Waals surface area contributed by atoms with Crippen molar-refractivity contribution in [2.24, 2.45) is 0 Å². The zero-order valence-electron chi connectivity index (χ0n) is 19.8. The van der Waals surface area contributed by atoms with Crippen LogP contribution in [0.4, 0.5) is 0 Å². The molecule has 2 heterocycles. The van der Waals surface area contributed by atoms with Gasteiger partial charge in [0.15, 0.2) is 5.03 Å². The van der Waals surface area contributed by atoms with Gasteiger partial charge in [0, 0.05) is 12.1 Å². The van der Waals surface area contributed by atoms with E-state index < -0.39 is 5.03 Å². The Bertz CT molecular complexity index is 1050. The Morgan fingerprint density at radius 3 is 2.71 bits per heavy atom. The highest BCUT2D eigenvalue weighted by Crippen LogP contribution is 2.34. The lowest BCUT2D eigenvalue weighted by molar-refractivity contribution is -0.551. The summed E-state index contributed by atoms with van der Waals surface area (Å²) >= 11 is 0. The van der Waals surface area contributed by atoms with Crippen LogP contribution in [0.3, 0.4) is 0 Å². The topological polar surface area (TPSA) is 93.7 Å². The van der Waals surface area contributed by atoms with Crippen LogP contribution in [-0.4, -0.2) is 46.4 Å². The van der Waals surface area contributed by atoms with Gasteiger partial charge in [0.1, 0.15) is 11.8 Å². The summed E-state index contributed by atoms with van der Waals surface area (Å²) in [5.74, 6) is 7.43. The van der Waals surface area contributed by atoms with E-state index in [0.717, 1.165) is 36.9 Å². The van der Waals surface area contributed by atoms with Gasteiger partial charge < -0.3 is 14.2 Å². The number of hydrogen-bond acceptors (Lipinski definition) is 6. The molecule has 4 rings (SSSR count). The van der Waals surface area contributed by atoms with Gasteiger partial charge in [-0.3, -0.25) is 0 Å². The lowest BCUT2D eigenvalue weighted by Gasteiger charge is -2.33. The summed E-state index contributed by atoms with van der Waals surface area (Å²) in [6.07, 6.45) is 8.59. The quantitative estimate of drug-likeness (QED) is 0.353. The molecule has 8 heteroatoms. The Balaban J connectivity index is 1.44. The zero-order valence-corrected chi connectivity index (χ0v) is 19.8. The fraction of sp³-hybridized carbons (Fsp3) is 0.500. The summed E-state index contributed by atoms with van der Waals surface area (Å²) in [4.78, 5) is 13.4. The number of allylic oxidation sites excluding steroid dienone is 1. The maximum Gasteiger partial charge on any atom is 0.157 e. The second-order valence-electron chi connectivity index (χ2n) is 9.00. The zero-order chi connectivity index (χ0) is 23.9. The first kappa shape index (κ1) is 23.8. The molecule has 1 N–H and O–H groups in total. The predicted molar refractivity (Wildman–Crippen MR) is 129 cm³/mol. The van der Waals surface area contributed by atoms with Crippen LogP contribution in [0.5, 0.6) is 0 Å². The molecule has 1 aliphatic heterocycles. The molecule has 1 saturated carbocycles. The number of likely N-dealkylation sites (tertiary alicyclic amines) is 1. The Hall–Kier alpha value is -3.31. The number of nitrogens with one attached hydrogen (secondary N) is 1. The summed E-state index contributed by atoms with van der Waals surface area (Å²) in [5, 5.41) is 14.6. The average Bonchev–Trinajstić information content (AvgIpc) is 3.43. The largest absolute Gasteiger partial charge is 0.376 e. The minimum atomic E-state index is -0.453. The fourth-order valence-electron chi connectivity index (χ4n) is 5.08. The molecule has 0 spiro atoms. The predicted octanol–water partition coefficient (Wildman–Crippen LogP) is 4.31. The molecule has 2 aromatic rings. The minimum absolute atomic E-state index is 0.170. The van der Waals surface area contributed by atoms with E-state index in [0.29, 0.717) is 31.3 Å². The number of ether oxygens (including phenoxy) is 1. The number of benzene rings is 1. The van der Waals surface area contributed by atoms with Crippen molar-refractivity contribution < 1.29 is 14.3 Å². The summed E-state index contributed by atoms with van der Waals surface area (Å²) in [7, 11) is 0. The molecule has 2 atom stereocenters. The number of rotatable bonds is 8. The summed E-state index contributed by atoms with van der Waals surface area (Å²) in [6, 6.07) is 10.1. The fourth-order valence-corrected chi connectivity index (χ4v) is 5.08. The third-order valence-electron chi connectivity index (χ3n) is 6.91. The van der Waals surface area contributed by atoms with Crippen molar-refractivity contribution in [3.8, 4) is 11.8 Å². The van der Waals surface area contributed by atoms with Gasteiger partial charge >= 0.3 is 0 Å². The number of aromatic nitrogens is 1. The molecule has 0 amide bonds. The number of nitrogens with zero attached hydrogens (tertiary/aromatic N) is 3. The molecule has 1 saturated heterocycles. The van der Waals surface area contributed by atoms with Crippen molar-refractivity contribution >= 4 is 6.08 Å². The lowest BCUT2D eigenvalue weighted by atomic mass is 9.83. The molecule has 0 radical (unpaired) electrons. The highest BCUT2D eigenvalue weighted by atomic mass is 16.7. The SMILES string of the molecule is CC#C/C(=C\c1cnoc1C)N1CCC(N[N+](=O)[O-])C1COC1CCC(c2ccccc2)CC1. The molecule has 2 fully saturated rings. The summed E-state index contributed by atoms with van der Waals surface area (Å²) < 4.78 is 11.6. The van der Waals surface area contributed by atoms with Gasteiger partial charge in [0.25, 0.3) is 0 Å². The summed E-state index contributed by atoms with van der Waals surface area (Å²) in [6.45, 7) is 4.71. The molecule has 2 aliphatic rings. The maximum atomic E-state index is 11.3. The third kappa shape index (κ3) is 5.78. The number of hydrogen-bond donors (Lipinski definition) is 1. The van der Waals surface area contributed by atoms with Crippen LogP contribution in [0.15, 0.2) is 46.7 Å². The van der Waals surface area contributed by atoms with Gasteiger partial charge in [-0.15, -0.1) is 5.43 Å². The first-order valence-electron chi connectivity index (χ1n) is 11.9. The Morgan fingerprint density at radius 1 is 1.29 bits per heavy atom. The van der Waals surface area contributed by atoms with Crippen molar-refractivity contribution in [3.63, 3.8) is 0 Å². The van der Waals surface area contributed by atoms with Crippen molar-refractivity contribution in [1.29, 1.82) is 0 Å². The smallest absolute Gasteiger partial charge is 0.157 e. The standard InChI is InChI=1S/C26H32N4O4/c1-3-7-23(16-22-17-27-34-19(22)2)29-15-14-25(28-30(31)32)26(29)18-33-24-12-10-21(11-13-24)20-8-5-4-6-9-20/h4-6,8-9,16-17,21,24-26,28H,10-15,18H2,1-2H3/b23-16+. The normalized spacial score (nSPS) is 25.0. The monoisotopic (exact) mass is 464 g/mol. The van der Waals surface area contributed by atoms with Crippen molar-refractivity contribution in [3.05, 3.63) is 69.2 Å². The van der Waals surface area contributed by atoms with E-state index in [-0.39, 0.29) is 18.2 Å². The number of hydrazine groups is 1. The van der Waals surface area contributed by atoms with Crippen molar-refractivity contribution in [2.75, 3.05) is 13.2 Å². The van der Waals surface area contributed by atoms with Crippen molar-refractivity contribution in [2.45, 2.75) is 70.1 Å². The Kier molecular flexibility index (Phi) is 7.86. The Labute approximate surface area is 200 Å². The maximum absolute atomic E-state index is 11.3. The Morgan fingerprint density at radius 2 is 2.06 bits per heavy atom. The van der Waals surface area contributed by atoms with Crippen LogP contribution in [0.1, 0.15) is 61.8 Å². The second-order valence-corrected chi connectivity index (χ2v) is 9.00. The highest BCUT2D eigenvalue weighted by molar-refractivity contribution is 5.58. The lowest BCUT2D eigenvalue weighted by Crippen LogP contribution is -2.47. The minimum Gasteiger partial charge on any atom is -0.376 e. The van der Waals surface area contributed by atoms with Gasteiger partial charge in [0.05, 0.1) is 30.6 Å². The third-order valence-corrected chi connectivity index (χ3v) is 6.91.